The Labute approximate surface area is 194 Å². The van der Waals surface area contributed by atoms with Crippen molar-refractivity contribution in [3.63, 3.8) is 0 Å². The smallest absolute Gasteiger partial charge is 0.191 e. The molecule has 1 saturated heterocycles. The van der Waals surface area contributed by atoms with E-state index < -0.39 is 0 Å². The molecule has 1 aliphatic heterocycles. The van der Waals surface area contributed by atoms with Crippen LogP contribution in [0.25, 0.3) is 0 Å². The lowest BCUT2D eigenvalue weighted by atomic mass is 10.2. The maximum atomic E-state index is 13.0. The molecule has 1 fully saturated rings. The first kappa shape index (κ1) is 24.4. The molecule has 1 heterocycles. The largest absolute Gasteiger partial charge is 0.492 e. The lowest BCUT2D eigenvalue weighted by Gasteiger charge is -2.26. The molecule has 0 aliphatic carbocycles. The number of guanidine groups is 1. The number of rotatable bonds is 8. The molecule has 8 heteroatoms. The molecule has 0 amide bonds. The molecule has 0 radical (unpaired) electrons. The standard InChI is InChI=1S/C22H29FN4O2.HI/c1-24-22(25-16-18-5-7-20(23)8-6-18)26-17-19-3-2-4-21(15-19)29-14-11-27-9-12-28-13-10-27;/h2-8,15H,9-14,16-17H2,1H3,(H2,24,25,26);1H. The summed E-state index contributed by atoms with van der Waals surface area (Å²) in [5.74, 6) is 1.32. The van der Waals surface area contributed by atoms with Crippen molar-refractivity contribution in [2.24, 2.45) is 4.99 Å². The first-order valence-corrected chi connectivity index (χ1v) is 9.94. The van der Waals surface area contributed by atoms with Crippen molar-refractivity contribution >= 4 is 29.9 Å². The summed E-state index contributed by atoms with van der Waals surface area (Å²) in [6.45, 7) is 6.32. The number of ether oxygens (including phenoxy) is 2. The Balaban J connectivity index is 0.00000320. The Morgan fingerprint density at radius 2 is 1.77 bits per heavy atom. The summed E-state index contributed by atoms with van der Waals surface area (Å²) in [4.78, 5) is 6.59. The molecule has 2 N–H and O–H groups in total. The van der Waals surface area contributed by atoms with Crippen LogP contribution in [0.3, 0.4) is 0 Å². The minimum atomic E-state index is -0.233. The quantitative estimate of drug-likeness (QED) is 0.314. The van der Waals surface area contributed by atoms with Gasteiger partial charge in [-0.2, -0.15) is 0 Å². The maximum absolute atomic E-state index is 13.0. The number of benzene rings is 2. The lowest BCUT2D eigenvalue weighted by molar-refractivity contribution is 0.0322. The van der Waals surface area contributed by atoms with E-state index in [1.807, 2.05) is 18.2 Å². The predicted octanol–water partition coefficient (Wildman–Crippen LogP) is 3.02. The third-order valence-corrected chi connectivity index (χ3v) is 4.74. The fourth-order valence-corrected chi connectivity index (χ4v) is 3.06. The molecule has 0 bridgehead atoms. The molecule has 0 saturated carbocycles. The van der Waals surface area contributed by atoms with Gasteiger partial charge in [-0.15, -0.1) is 24.0 Å². The molecule has 2 aromatic carbocycles. The van der Waals surface area contributed by atoms with Gasteiger partial charge in [-0.3, -0.25) is 9.89 Å². The average Bonchev–Trinajstić information content (AvgIpc) is 2.76. The SMILES string of the molecule is CN=C(NCc1ccc(F)cc1)NCc1cccc(OCCN2CCOCC2)c1.I. The molecule has 164 valence electrons. The number of hydrogen-bond acceptors (Lipinski definition) is 4. The zero-order chi connectivity index (χ0) is 20.3. The molecule has 1 aliphatic rings. The second-order valence-corrected chi connectivity index (χ2v) is 6.86. The van der Waals surface area contributed by atoms with Crippen molar-refractivity contribution in [3.05, 3.63) is 65.5 Å². The van der Waals surface area contributed by atoms with Gasteiger partial charge in [0.2, 0.25) is 0 Å². The number of morpholine rings is 1. The minimum absolute atomic E-state index is 0. The van der Waals surface area contributed by atoms with Gasteiger partial charge >= 0.3 is 0 Å². The summed E-state index contributed by atoms with van der Waals surface area (Å²) < 4.78 is 24.3. The first-order chi connectivity index (χ1) is 14.2. The highest BCUT2D eigenvalue weighted by Gasteiger charge is 2.09. The Morgan fingerprint density at radius 1 is 1.07 bits per heavy atom. The van der Waals surface area contributed by atoms with Gasteiger partial charge in [0.05, 0.1) is 13.2 Å². The molecule has 30 heavy (non-hydrogen) atoms. The molecule has 6 nitrogen and oxygen atoms in total. The van der Waals surface area contributed by atoms with Crippen molar-refractivity contribution in [2.45, 2.75) is 13.1 Å². The van der Waals surface area contributed by atoms with E-state index in [0.717, 1.165) is 49.7 Å². The average molecular weight is 528 g/mol. The Hall–Kier alpha value is -1.91. The topological polar surface area (TPSA) is 58.1 Å². The Kier molecular flexibility index (Phi) is 10.9. The lowest BCUT2D eigenvalue weighted by Crippen LogP contribution is -2.38. The highest BCUT2D eigenvalue weighted by molar-refractivity contribution is 14.0. The summed E-state index contributed by atoms with van der Waals surface area (Å²) in [7, 11) is 1.73. The number of nitrogens with zero attached hydrogens (tertiary/aromatic N) is 2. The highest BCUT2D eigenvalue weighted by atomic mass is 127. The van der Waals surface area contributed by atoms with Crippen LogP contribution in [0.4, 0.5) is 4.39 Å². The molecular weight excluding hydrogens is 498 g/mol. The third kappa shape index (κ3) is 8.45. The fourth-order valence-electron chi connectivity index (χ4n) is 3.06. The van der Waals surface area contributed by atoms with E-state index in [9.17, 15) is 4.39 Å². The van der Waals surface area contributed by atoms with Crippen molar-refractivity contribution in [1.82, 2.24) is 15.5 Å². The zero-order valence-corrected chi connectivity index (χ0v) is 19.6. The van der Waals surface area contributed by atoms with Gasteiger partial charge < -0.3 is 20.1 Å². The van der Waals surface area contributed by atoms with E-state index in [1.165, 1.54) is 12.1 Å². The number of aliphatic imine (C=N–C) groups is 1. The third-order valence-electron chi connectivity index (χ3n) is 4.74. The monoisotopic (exact) mass is 528 g/mol. The van der Waals surface area contributed by atoms with Crippen molar-refractivity contribution in [2.75, 3.05) is 46.5 Å². The van der Waals surface area contributed by atoms with Crippen LogP contribution in [-0.2, 0) is 17.8 Å². The van der Waals surface area contributed by atoms with Crippen LogP contribution in [0.5, 0.6) is 5.75 Å². The van der Waals surface area contributed by atoms with Crippen molar-refractivity contribution in [1.29, 1.82) is 0 Å². The first-order valence-electron chi connectivity index (χ1n) is 9.94. The van der Waals surface area contributed by atoms with Crippen LogP contribution in [0.15, 0.2) is 53.5 Å². The van der Waals surface area contributed by atoms with Gasteiger partial charge in [-0.05, 0) is 35.4 Å². The molecule has 0 aromatic heterocycles. The summed E-state index contributed by atoms with van der Waals surface area (Å²) in [6, 6.07) is 14.5. The van der Waals surface area contributed by atoms with E-state index >= 15 is 0 Å². The predicted molar refractivity (Wildman–Crippen MR) is 128 cm³/mol. The van der Waals surface area contributed by atoms with E-state index in [4.69, 9.17) is 9.47 Å². The van der Waals surface area contributed by atoms with Gasteiger partial charge in [-0.25, -0.2) is 4.39 Å². The summed E-state index contributed by atoms with van der Waals surface area (Å²) in [5, 5.41) is 6.52. The van der Waals surface area contributed by atoms with Gasteiger partial charge in [0.25, 0.3) is 0 Å². The van der Waals surface area contributed by atoms with Crippen LogP contribution in [0.1, 0.15) is 11.1 Å². The van der Waals surface area contributed by atoms with Gasteiger partial charge in [-0.1, -0.05) is 24.3 Å². The number of nitrogens with one attached hydrogen (secondary N) is 2. The minimum Gasteiger partial charge on any atom is -0.492 e. The second-order valence-electron chi connectivity index (χ2n) is 6.86. The van der Waals surface area contributed by atoms with Gasteiger partial charge in [0.1, 0.15) is 18.2 Å². The van der Waals surface area contributed by atoms with Crippen LogP contribution < -0.4 is 15.4 Å². The molecule has 0 unspecified atom stereocenters. The van der Waals surface area contributed by atoms with Gasteiger partial charge in [0.15, 0.2) is 5.96 Å². The summed E-state index contributed by atoms with van der Waals surface area (Å²) in [5.41, 5.74) is 2.10. The fraction of sp³-hybridized carbons (Fsp3) is 0.409. The van der Waals surface area contributed by atoms with Crippen molar-refractivity contribution < 1.29 is 13.9 Å². The summed E-state index contributed by atoms with van der Waals surface area (Å²) in [6.07, 6.45) is 0. The zero-order valence-electron chi connectivity index (χ0n) is 17.3. The number of hydrogen-bond donors (Lipinski definition) is 2. The maximum Gasteiger partial charge on any atom is 0.191 e. The second kappa shape index (κ2) is 13.4. The van der Waals surface area contributed by atoms with E-state index in [1.54, 1.807) is 19.2 Å². The number of halogens is 2. The van der Waals surface area contributed by atoms with E-state index in [2.05, 4.69) is 26.6 Å². The molecule has 2 aromatic rings. The molecule has 0 spiro atoms. The molecule has 3 rings (SSSR count). The van der Waals surface area contributed by atoms with E-state index in [0.29, 0.717) is 25.7 Å². The molecular formula is C22H30FIN4O2. The van der Waals surface area contributed by atoms with Crippen molar-refractivity contribution in [3.8, 4) is 5.75 Å². The van der Waals surface area contributed by atoms with Crippen LogP contribution in [0.2, 0.25) is 0 Å². The Morgan fingerprint density at radius 3 is 2.47 bits per heavy atom. The van der Waals surface area contributed by atoms with Gasteiger partial charge in [0, 0.05) is 39.8 Å². The summed E-state index contributed by atoms with van der Waals surface area (Å²) >= 11 is 0. The normalized spacial score (nSPS) is 14.7. The molecule has 0 atom stereocenters. The van der Waals surface area contributed by atoms with Crippen LogP contribution in [0, 0.1) is 5.82 Å². The highest BCUT2D eigenvalue weighted by Crippen LogP contribution is 2.13. The van der Waals surface area contributed by atoms with Crippen LogP contribution in [-0.4, -0.2) is 57.4 Å². The Bertz CT molecular complexity index is 783. The van der Waals surface area contributed by atoms with E-state index in [-0.39, 0.29) is 29.8 Å². The van der Waals surface area contributed by atoms with Crippen LogP contribution >= 0.6 is 24.0 Å².